The molecule has 1 N–H and O–H groups in total. The Morgan fingerprint density at radius 1 is 1.18 bits per heavy atom. The molecule has 0 radical (unpaired) electrons. The number of nitrogens with one attached hydrogen (secondary N) is 1. The van der Waals surface area contributed by atoms with E-state index in [4.69, 9.17) is 4.74 Å². The highest BCUT2D eigenvalue weighted by Gasteiger charge is 2.25. The zero-order valence-corrected chi connectivity index (χ0v) is 17.6. The van der Waals surface area contributed by atoms with Crippen LogP contribution in [-0.4, -0.2) is 46.9 Å². The van der Waals surface area contributed by atoms with Gasteiger partial charge in [0.15, 0.2) is 0 Å². The lowest BCUT2D eigenvalue weighted by Gasteiger charge is -2.32. The fraction of sp³-hybridized carbons (Fsp3) is 0.381. The Hall–Kier alpha value is -2.41. The van der Waals surface area contributed by atoms with E-state index in [1.165, 1.54) is 0 Å². The lowest BCUT2D eigenvalue weighted by molar-refractivity contribution is 0.0697. The van der Waals surface area contributed by atoms with Gasteiger partial charge in [-0.05, 0) is 57.0 Å². The van der Waals surface area contributed by atoms with Gasteiger partial charge in [-0.25, -0.2) is 0 Å². The first kappa shape index (κ1) is 20.3. The second-order valence-corrected chi connectivity index (χ2v) is 8.00. The zero-order valence-electron chi connectivity index (χ0n) is 16.0. The molecule has 7 heteroatoms. The molecular formula is C21H24BrN3O3. The van der Waals surface area contributed by atoms with Gasteiger partial charge in [-0.3, -0.25) is 14.6 Å². The minimum atomic E-state index is -0.151. The van der Waals surface area contributed by atoms with Crippen molar-refractivity contribution in [3.63, 3.8) is 0 Å². The Morgan fingerprint density at radius 2 is 1.86 bits per heavy atom. The number of ether oxygens (including phenoxy) is 1. The van der Waals surface area contributed by atoms with E-state index in [2.05, 4.69) is 26.2 Å². The number of piperidine rings is 1. The molecular weight excluding hydrogens is 422 g/mol. The first-order valence-corrected chi connectivity index (χ1v) is 10.2. The molecule has 28 heavy (non-hydrogen) atoms. The normalized spacial score (nSPS) is 14.8. The summed E-state index contributed by atoms with van der Waals surface area (Å²) in [6, 6.07) is 8.88. The quantitative estimate of drug-likeness (QED) is 0.761. The van der Waals surface area contributed by atoms with E-state index >= 15 is 0 Å². The molecule has 0 bridgehead atoms. The van der Waals surface area contributed by atoms with E-state index in [0.29, 0.717) is 30.0 Å². The average Bonchev–Trinajstić information content (AvgIpc) is 2.68. The van der Waals surface area contributed by atoms with Crippen LogP contribution in [0.5, 0.6) is 5.75 Å². The first-order chi connectivity index (χ1) is 13.4. The minimum Gasteiger partial charge on any atom is -0.490 e. The number of halogens is 1. The molecule has 0 spiro atoms. The lowest BCUT2D eigenvalue weighted by Crippen LogP contribution is -2.46. The van der Waals surface area contributed by atoms with Crippen molar-refractivity contribution in [1.29, 1.82) is 0 Å². The van der Waals surface area contributed by atoms with Crippen LogP contribution in [0.4, 0.5) is 0 Å². The third-order valence-corrected chi connectivity index (χ3v) is 5.09. The summed E-state index contributed by atoms with van der Waals surface area (Å²) >= 11 is 3.42. The van der Waals surface area contributed by atoms with Gasteiger partial charge in [0, 0.05) is 41.6 Å². The zero-order chi connectivity index (χ0) is 20.1. The van der Waals surface area contributed by atoms with Gasteiger partial charge < -0.3 is 15.0 Å². The van der Waals surface area contributed by atoms with Crippen molar-refractivity contribution in [3.05, 3.63) is 58.3 Å². The lowest BCUT2D eigenvalue weighted by atomic mass is 10.0. The number of benzene rings is 1. The van der Waals surface area contributed by atoms with Crippen LogP contribution in [0.1, 0.15) is 47.4 Å². The van der Waals surface area contributed by atoms with Gasteiger partial charge in [0.1, 0.15) is 5.75 Å². The molecule has 0 aliphatic carbocycles. The van der Waals surface area contributed by atoms with Crippen LogP contribution >= 0.6 is 15.9 Å². The Bertz CT molecular complexity index is 834. The number of hydrogen-bond donors (Lipinski definition) is 1. The number of nitrogens with zero attached hydrogens (tertiary/aromatic N) is 2. The maximum absolute atomic E-state index is 12.8. The molecule has 1 fully saturated rings. The van der Waals surface area contributed by atoms with Crippen molar-refractivity contribution in [3.8, 4) is 5.75 Å². The number of rotatable bonds is 5. The van der Waals surface area contributed by atoms with Gasteiger partial charge in [-0.2, -0.15) is 0 Å². The second-order valence-electron chi connectivity index (χ2n) is 7.08. The molecule has 1 aliphatic rings. The molecule has 1 saturated heterocycles. The third kappa shape index (κ3) is 5.10. The molecule has 3 rings (SSSR count). The van der Waals surface area contributed by atoms with Crippen molar-refractivity contribution in [2.24, 2.45) is 0 Å². The summed E-state index contributed by atoms with van der Waals surface area (Å²) in [6.45, 7) is 5.08. The van der Waals surface area contributed by atoms with Gasteiger partial charge in [0.05, 0.1) is 11.7 Å². The van der Waals surface area contributed by atoms with E-state index in [9.17, 15) is 9.59 Å². The van der Waals surface area contributed by atoms with E-state index in [1.54, 1.807) is 30.6 Å². The van der Waals surface area contributed by atoms with E-state index in [0.717, 1.165) is 17.3 Å². The minimum absolute atomic E-state index is 0.00713. The van der Waals surface area contributed by atoms with Crippen molar-refractivity contribution >= 4 is 27.7 Å². The van der Waals surface area contributed by atoms with Crippen LogP contribution in [-0.2, 0) is 0 Å². The maximum atomic E-state index is 12.8. The van der Waals surface area contributed by atoms with E-state index < -0.39 is 0 Å². The van der Waals surface area contributed by atoms with Gasteiger partial charge in [-0.1, -0.05) is 15.9 Å². The summed E-state index contributed by atoms with van der Waals surface area (Å²) in [5.74, 6) is 0.418. The van der Waals surface area contributed by atoms with Gasteiger partial charge >= 0.3 is 0 Å². The SMILES string of the molecule is CC(C)Oc1cc(Br)ccc1C(=O)NC1CCN(C(=O)c2ccncc2)CC1. The molecule has 2 amide bonds. The van der Waals surface area contributed by atoms with Crippen LogP contribution in [0.25, 0.3) is 0 Å². The van der Waals surface area contributed by atoms with E-state index in [1.807, 2.05) is 30.9 Å². The van der Waals surface area contributed by atoms with Gasteiger partial charge in [-0.15, -0.1) is 0 Å². The van der Waals surface area contributed by atoms with Crippen LogP contribution < -0.4 is 10.1 Å². The molecule has 0 unspecified atom stereocenters. The van der Waals surface area contributed by atoms with Crippen LogP contribution in [0.3, 0.4) is 0 Å². The van der Waals surface area contributed by atoms with Gasteiger partial charge in [0.2, 0.25) is 0 Å². The summed E-state index contributed by atoms with van der Waals surface area (Å²) in [4.78, 5) is 31.1. The fourth-order valence-electron chi connectivity index (χ4n) is 3.20. The summed E-state index contributed by atoms with van der Waals surface area (Å²) in [5.41, 5.74) is 1.16. The number of carbonyl (C=O) groups excluding carboxylic acids is 2. The van der Waals surface area contributed by atoms with Crippen LogP contribution in [0.15, 0.2) is 47.2 Å². The number of pyridine rings is 1. The molecule has 148 valence electrons. The largest absolute Gasteiger partial charge is 0.490 e. The second kappa shape index (κ2) is 9.19. The predicted octanol–water partition coefficient (Wildman–Crippen LogP) is 3.67. The number of amides is 2. The van der Waals surface area contributed by atoms with Crippen LogP contribution in [0.2, 0.25) is 0 Å². The maximum Gasteiger partial charge on any atom is 0.255 e. The van der Waals surface area contributed by atoms with Crippen molar-refractivity contribution in [2.75, 3.05) is 13.1 Å². The molecule has 1 aliphatic heterocycles. The Balaban J connectivity index is 1.59. The summed E-state index contributed by atoms with van der Waals surface area (Å²) in [5, 5.41) is 3.09. The number of likely N-dealkylation sites (tertiary alicyclic amines) is 1. The third-order valence-electron chi connectivity index (χ3n) is 4.60. The average molecular weight is 446 g/mol. The Kier molecular flexibility index (Phi) is 6.67. The molecule has 1 aromatic heterocycles. The highest BCUT2D eigenvalue weighted by molar-refractivity contribution is 9.10. The number of hydrogen-bond acceptors (Lipinski definition) is 4. The smallest absolute Gasteiger partial charge is 0.255 e. The van der Waals surface area contributed by atoms with Crippen molar-refractivity contribution in [2.45, 2.75) is 38.8 Å². The topological polar surface area (TPSA) is 71.5 Å². The monoisotopic (exact) mass is 445 g/mol. The van der Waals surface area contributed by atoms with Crippen LogP contribution in [0, 0.1) is 0 Å². The first-order valence-electron chi connectivity index (χ1n) is 9.40. The van der Waals surface area contributed by atoms with E-state index in [-0.39, 0.29) is 24.0 Å². The fourth-order valence-corrected chi connectivity index (χ4v) is 3.54. The molecule has 1 aromatic carbocycles. The number of carbonyl (C=O) groups is 2. The molecule has 0 saturated carbocycles. The Morgan fingerprint density at radius 3 is 2.50 bits per heavy atom. The molecule has 6 nitrogen and oxygen atoms in total. The predicted molar refractivity (Wildman–Crippen MR) is 111 cm³/mol. The highest BCUT2D eigenvalue weighted by atomic mass is 79.9. The molecule has 2 heterocycles. The summed E-state index contributed by atoms with van der Waals surface area (Å²) < 4.78 is 6.65. The summed E-state index contributed by atoms with van der Waals surface area (Å²) in [7, 11) is 0. The number of aromatic nitrogens is 1. The van der Waals surface area contributed by atoms with Crippen molar-refractivity contribution in [1.82, 2.24) is 15.2 Å². The standard InChI is InChI=1S/C21H24BrN3O3/c1-14(2)28-19-13-16(22)3-4-18(19)20(26)24-17-7-11-25(12-8-17)21(27)15-5-9-23-10-6-15/h3-6,9-10,13-14,17H,7-8,11-12H2,1-2H3,(H,24,26). The molecule has 2 aromatic rings. The van der Waals surface area contributed by atoms with Gasteiger partial charge in [0.25, 0.3) is 11.8 Å². The molecule has 0 atom stereocenters. The highest BCUT2D eigenvalue weighted by Crippen LogP contribution is 2.25. The summed E-state index contributed by atoms with van der Waals surface area (Å²) in [6.07, 6.45) is 4.66. The Labute approximate surface area is 173 Å². The van der Waals surface area contributed by atoms with Crippen molar-refractivity contribution < 1.29 is 14.3 Å².